The summed E-state index contributed by atoms with van der Waals surface area (Å²) in [5, 5.41) is 3.78. The van der Waals surface area contributed by atoms with E-state index >= 15 is 0 Å². The number of hydrazone groups is 1. The normalized spacial score (nSPS) is 11.3. The van der Waals surface area contributed by atoms with Gasteiger partial charge in [0.25, 0.3) is 10.0 Å². The summed E-state index contributed by atoms with van der Waals surface area (Å²) in [7, 11) is -3.72. The maximum Gasteiger partial charge on any atom is 0.343 e. The number of esters is 1. The Labute approximate surface area is 163 Å². The van der Waals surface area contributed by atoms with E-state index in [1.165, 1.54) is 18.3 Å². The number of carbonyl (C=O) groups excluding carboxylic acids is 1. The quantitative estimate of drug-likeness (QED) is 0.300. The number of sulfonamides is 1. The predicted molar refractivity (Wildman–Crippen MR) is 107 cm³/mol. The smallest absolute Gasteiger partial charge is 0.343 e. The highest BCUT2D eigenvalue weighted by Crippen LogP contribution is 2.14. The minimum atomic E-state index is -3.72. The molecule has 0 unspecified atom stereocenters. The summed E-state index contributed by atoms with van der Waals surface area (Å²) >= 11 is 0. The first kappa shape index (κ1) is 19.3. The van der Waals surface area contributed by atoms with Crippen LogP contribution >= 0.6 is 0 Å². The number of benzene rings is 3. The van der Waals surface area contributed by atoms with Gasteiger partial charge in [-0.2, -0.15) is 13.5 Å². The van der Waals surface area contributed by atoms with Crippen LogP contribution in [-0.2, 0) is 10.0 Å². The number of rotatable bonds is 6. The third kappa shape index (κ3) is 5.05. The van der Waals surface area contributed by atoms with Crippen LogP contribution in [0.5, 0.6) is 5.75 Å². The Kier molecular flexibility index (Phi) is 5.86. The molecule has 0 aliphatic rings. The maximum absolute atomic E-state index is 12.2. The molecule has 0 aliphatic carbocycles. The van der Waals surface area contributed by atoms with Crippen molar-refractivity contribution in [2.45, 2.75) is 11.8 Å². The first-order chi connectivity index (χ1) is 13.4. The Hall–Kier alpha value is -3.45. The summed E-state index contributed by atoms with van der Waals surface area (Å²) in [4.78, 5) is 14.3. The highest BCUT2D eigenvalue weighted by atomic mass is 32.2. The molecule has 0 saturated heterocycles. The largest absolute Gasteiger partial charge is 0.423 e. The second-order valence-corrected chi connectivity index (χ2v) is 7.65. The molecule has 6 nitrogen and oxygen atoms in total. The van der Waals surface area contributed by atoms with E-state index in [1.807, 2.05) is 13.0 Å². The average molecular weight is 394 g/mol. The molecule has 0 heterocycles. The first-order valence-corrected chi connectivity index (χ1v) is 9.91. The molecular weight excluding hydrogens is 376 g/mol. The predicted octanol–water partition coefficient (Wildman–Crippen LogP) is 3.53. The molecule has 0 amide bonds. The third-order valence-electron chi connectivity index (χ3n) is 3.82. The molecule has 0 aromatic heterocycles. The van der Waals surface area contributed by atoms with Gasteiger partial charge in [0.2, 0.25) is 0 Å². The minimum absolute atomic E-state index is 0.137. The number of nitrogens with one attached hydrogen (secondary N) is 1. The van der Waals surface area contributed by atoms with Crippen LogP contribution in [0, 0.1) is 6.92 Å². The molecule has 28 heavy (non-hydrogen) atoms. The molecule has 142 valence electrons. The molecule has 0 atom stereocenters. The molecule has 0 spiro atoms. The molecule has 0 saturated carbocycles. The van der Waals surface area contributed by atoms with Crippen LogP contribution in [0.1, 0.15) is 21.5 Å². The van der Waals surface area contributed by atoms with E-state index in [9.17, 15) is 13.2 Å². The lowest BCUT2D eigenvalue weighted by Crippen LogP contribution is -2.18. The second kappa shape index (κ2) is 8.49. The van der Waals surface area contributed by atoms with Gasteiger partial charge in [0, 0.05) is 0 Å². The monoisotopic (exact) mass is 394 g/mol. The van der Waals surface area contributed by atoms with Gasteiger partial charge in [-0.3, -0.25) is 0 Å². The fourth-order valence-corrected chi connectivity index (χ4v) is 3.09. The highest BCUT2D eigenvalue weighted by molar-refractivity contribution is 7.89. The topological polar surface area (TPSA) is 84.8 Å². The number of ether oxygens (including phenoxy) is 1. The molecule has 0 radical (unpaired) electrons. The van der Waals surface area contributed by atoms with E-state index in [2.05, 4.69) is 9.93 Å². The van der Waals surface area contributed by atoms with Gasteiger partial charge < -0.3 is 4.74 Å². The second-order valence-electron chi connectivity index (χ2n) is 5.99. The van der Waals surface area contributed by atoms with E-state index in [0.717, 1.165) is 5.56 Å². The van der Waals surface area contributed by atoms with Gasteiger partial charge in [0.15, 0.2) is 0 Å². The van der Waals surface area contributed by atoms with Crippen molar-refractivity contribution in [1.29, 1.82) is 0 Å². The van der Waals surface area contributed by atoms with Crippen molar-refractivity contribution in [3.05, 3.63) is 95.6 Å². The molecule has 7 heteroatoms. The Morgan fingerprint density at radius 1 is 0.929 bits per heavy atom. The lowest BCUT2D eigenvalue weighted by atomic mass is 10.2. The van der Waals surface area contributed by atoms with E-state index in [1.54, 1.807) is 60.7 Å². The van der Waals surface area contributed by atoms with Gasteiger partial charge in [-0.05, 0) is 61.0 Å². The van der Waals surface area contributed by atoms with Crippen molar-refractivity contribution in [3.8, 4) is 5.75 Å². The molecule has 3 aromatic carbocycles. The van der Waals surface area contributed by atoms with Crippen molar-refractivity contribution in [1.82, 2.24) is 4.83 Å². The van der Waals surface area contributed by atoms with E-state index in [-0.39, 0.29) is 4.90 Å². The van der Waals surface area contributed by atoms with Gasteiger partial charge in [-0.25, -0.2) is 9.63 Å². The number of carbonyl (C=O) groups is 1. The number of hydrogen-bond acceptors (Lipinski definition) is 5. The Morgan fingerprint density at radius 2 is 1.57 bits per heavy atom. The maximum atomic E-state index is 12.2. The van der Waals surface area contributed by atoms with Crippen molar-refractivity contribution in [2.24, 2.45) is 5.10 Å². The van der Waals surface area contributed by atoms with Crippen LogP contribution in [0.2, 0.25) is 0 Å². The number of hydrogen-bond donors (Lipinski definition) is 1. The van der Waals surface area contributed by atoms with Crippen LogP contribution in [0.15, 0.2) is 88.9 Å². The van der Waals surface area contributed by atoms with Crippen LogP contribution < -0.4 is 9.57 Å². The van der Waals surface area contributed by atoms with E-state index < -0.39 is 16.0 Å². The standard InChI is InChI=1S/C21H18N2O4S/c1-16-7-13-20(14-8-16)28(25,26)23-22-15-17-9-11-19(12-10-17)27-21(24)18-5-3-2-4-6-18/h2-15,23H,1H3/b22-15+. The van der Waals surface area contributed by atoms with E-state index in [0.29, 0.717) is 16.9 Å². The molecule has 3 rings (SSSR count). The van der Waals surface area contributed by atoms with Crippen LogP contribution in [0.25, 0.3) is 0 Å². The fraction of sp³-hybridized carbons (Fsp3) is 0.0476. The third-order valence-corrected chi connectivity index (χ3v) is 5.06. The Morgan fingerprint density at radius 3 is 2.21 bits per heavy atom. The summed E-state index contributed by atoms with van der Waals surface area (Å²) < 4.78 is 29.6. The molecule has 0 aliphatic heterocycles. The van der Waals surface area contributed by atoms with Crippen LogP contribution in [-0.4, -0.2) is 20.6 Å². The summed E-state index contributed by atoms with van der Waals surface area (Å²) in [6.45, 7) is 1.88. The molecular formula is C21H18N2O4S. The first-order valence-electron chi connectivity index (χ1n) is 8.43. The van der Waals surface area contributed by atoms with E-state index in [4.69, 9.17) is 4.74 Å². The van der Waals surface area contributed by atoms with Crippen molar-refractivity contribution in [3.63, 3.8) is 0 Å². The molecule has 1 N–H and O–H groups in total. The zero-order chi connectivity index (χ0) is 20.0. The number of nitrogens with zero attached hydrogens (tertiary/aromatic N) is 1. The lowest BCUT2D eigenvalue weighted by molar-refractivity contribution is 0.0734. The summed E-state index contributed by atoms with van der Waals surface area (Å²) in [6.07, 6.45) is 1.37. The fourth-order valence-electron chi connectivity index (χ4n) is 2.30. The van der Waals surface area contributed by atoms with Crippen molar-refractivity contribution in [2.75, 3.05) is 0 Å². The van der Waals surface area contributed by atoms with Crippen molar-refractivity contribution >= 4 is 22.2 Å². The Bertz CT molecular complexity index is 1080. The lowest BCUT2D eigenvalue weighted by Gasteiger charge is -2.05. The molecule has 0 fully saturated rings. The van der Waals surface area contributed by atoms with Gasteiger partial charge in [-0.1, -0.05) is 35.9 Å². The minimum Gasteiger partial charge on any atom is -0.423 e. The number of aryl methyl sites for hydroxylation is 1. The van der Waals surface area contributed by atoms with Crippen LogP contribution in [0.4, 0.5) is 0 Å². The Balaban J connectivity index is 1.61. The summed E-state index contributed by atoms with van der Waals surface area (Å²) in [5.74, 6) is -0.0703. The molecule has 0 bridgehead atoms. The average Bonchev–Trinajstić information content (AvgIpc) is 2.70. The highest BCUT2D eigenvalue weighted by Gasteiger charge is 2.11. The molecule has 3 aromatic rings. The van der Waals surface area contributed by atoms with Gasteiger partial charge in [0.05, 0.1) is 16.7 Å². The van der Waals surface area contributed by atoms with Gasteiger partial charge in [-0.15, -0.1) is 0 Å². The van der Waals surface area contributed by atoms with Gasteiger partial charge in [0.1, 0.15) is 5.75 Å². The zero-order valence-corrected chi connectivity index (χ0v) is 15.9. The SMILES string of the molecule is Cc1ccc(S(=O)(=O)N/N=C/c2ccc(OC(=O)c3ccccc3)cc2)cc1. The summed E-state index contributed by atoms with van der Waals surface area (Å²) in [6, 6.07) is 21.7. The van der Waals surface area contributed by atoms with Crippen molar-refractivity contribution < 1.29 is 17.9 Å². The van der Waals surface area contributed by atoms with Gasteiger partial charge >= 0.3 is 5.97 Å². The zero-order valence-electron chi connectivity index (χ0n) is 15.1. The van der Waals surface area contributed by atoms with Crippen LogP contribution in [0.3, 0.4) is 0 Å². The summed E-state index contributed by atoms with van der Waals surface area (Å²) in [5.41, 5.74) is 2.07.